The molecule has 152 valence electrons. The molecule has 0 spiro atoms. The summed E-state index contributed by atoms with van der Waals surface area (Å²) in [5.41, 5.74) is 2.26. The van der Waals surface area contributed by atoms with Crippen molar-refractivity contribution < 1.29 is 9.21 Å². The normalized spacial score (nSPS) is 17.1. The number of benzene rings is 1. The third kappa shape index (κ3) is 5.60. The van der Waals surface area contributed by atoms with Crippen molar-refractivity contribution in [1.29, 1.82) is 0 Å². The minimum absolute atomic E-state index is 0.0474. The fourth-order valence-corrected chi connectivity index (χ4v) is 4.13. The Kier molecular flexibility index (Phi) is 6.81. The van der Waals surface area contributed by atoms with E-state index < -0.39 is 0 Å². The SMILES string of the molecule is C[C@H](Sc1nnc(-c2ccc(C(C)(C)C)cc2)o1)C(=O)NC1CCCCCC1. The van der Waals surface area contributed by atoms with E-state index in [0.29, 0.717) is 17.2 Å². The van der Waals surface area contributed by atoms with Crippen molar-refractivity contribution in [3.8, 4) is 11.5 Å². The summed E-state index contributed by atoms with van der Waals surface area (Å²) in [4.78, 5) is 12.5. The molecule has 1 aromatic heterocycles. The Bertz CT molecular complexity index is 772. The summed E-state index contributed by atoms with van der Waals surface area (Å²) in [6, 6.07) is 8.50. The van der Waals surface area contributed by atoms with Crippen LogP contribution in [0.25, 0.3) is 11.5 Å². The first-order valence-corrected chi connectivity index (χ1v) is 11.1. The fourth-order valence-electron chi connectivity index (χ4n) is 3.43. The number of nitrogens with one attached hydrogen (secondary N) is 1. The van der Waals surface area contributed by atoms with Gasteiger partial charge in [0, 0.05) is 11.6 Å². The van der Waals surface area contributed by atoms with Gasteiger partial charge in [0.15, 0.2) is 0 Å². The Morgan fingerprint density at radius 3 is 2.36 bits per heavy atom. The number of carbonyl (C=O) groups excluding carboxylic acids is 1. The van der Waals surface area contributed by atoms with Crippen molar-refractivity contribution in [2.24, 2.45) is 0 Å². The molecule has 1 aromatic carbocycles. The second-order valence-corrected chi connectivity index (χ2v) is 9.95. The van der Waals surface area contributed by atoms with E-state index in [-0.39, 0.29) is 16.6 Å². The minimum Gasteiger partial charge on any atom is -0.411 e. The molecular formula is C22H31N3O2S. The van der Waals surface area contributed by atoms with Crippen LogP contribution in [-0.2, 0) is 10.2 Å². The van der Waals surface area contributed by atoms with Gasteiger partial charge in [0.2, 0.25) is 11.8 Å². The van der Waals surface area contributed by atoms with Crippen molar-refractivity contribution in [2.45, 2.75) is 88.1 Å². The first-order chi connectivity index (χ1) is 13.3. The standard InChI is InChI=1S/C22H31N3O2S/c1-15(19(26)23-18-9-7-5-6-8-10-18)28-21-25-24-20(27-21)16-11-13-17(14-12-16)22(2,3)4/h11-15,18H,5-10H2,1-4H3,(H,23,26)/t15-/m0/s1. The van der Waals surface area contributed by atoms with Gasteiger partial charge >= 0.3 is 0 Å². The molecule has 0 unspecified atom stereocenters. The third-order valence-corrected chi connectivity index (χ3v) is 6.19. The van der Waals surface area contributed by atoms with Gasteiger partial charge in [0.1, 0.15) is 0 Å². The molecule has 28 heavy (non-hydrogen) atoms. The first kappa shape index (κ1) is 20.9. The summed E-state index contributed by atoms with van der Waals surface area (Å²) in [5, 5.41) is 11.6. The van der Waals surface area contributed by atoms with Crippen molar-refractivity contribution in [3.63, 3.8) is 0 Å². The lowest BCUT2D eigenvalue weighted by Crippen LogP contribution is -2.39. The summed E-state index contributed by atoms with van der Waals surface area (Å²) < 4.78 is 5.79. The van der Waals surface area contributed by atoms with Crippen LogP contribution in [0.4, 0.5) is 0 Å². The maximum absolute atomic E-state index is 12.5. The number of hydrogen-bond acceptors (Lipinski definition) is 5. The van der Waals surface area contributed by atoms with Crippen LogP contribution in [0.15, 0.2) is 33.9 Å². The monoisotopic (exact) mass is 401 g/mol. The van der Waals surface area contributed by atoms with Crippen LogP contribution >= 0.6 is 11.8 Å². The largest absolute Gasteiger partial charge is 0.411 e. The van der Waals surface area contributed by atoms with Crippen LogP contribution in [0, 0.1) is 0 Å². The Labute approximate surface area is 172 Å². The van der Waals surface area contributed by atoms with Crippen molar-refractivity contribution in [1.82, 2.24) is 15.5 Å². The summed E-state index contributed by atoms with van der Waals surface area (Å²) in [6.07, 6.45) is 7.12. The zero-order valence-electron chi connectivity index (χ0n) is 17.3. The number of nitrogens with zero attached hydrogens (tertiary/aromatic N) is 2. The van der Waals surface area contributed by atoms with Gasteiger partial charge in [-0.1, -0.05) is 70.3 Å². The number of rotatable bonds is 5. The van der Waals surface area contributed by atoms with E-state index in [1.54, 1.807) is 0 Å². The Balaban J connectivity index is 1.58. The number of hydrogen-bond donors (Lipinski definition) is 1. The van der Waals surface area contributed by atoms with Crippen LogP contribution in [0.3, 0.4) is 0 Å². The van der Waals surface area contributed by atoms with Crippen molar-refractivity contribution in [3.05, 3.63) is 29.8 Å². The molecule has 0 aliphatic heterocycles. The van der Waals surface area contributed by atoms with Crippen LogP contribution in [0.5, 0.6) is 0 Å². The molecule has 1 N–H and O–H groups in total. The van der Waals surface area contributed by atoms with E-state index in [1.165, 1.54) is 43.0 Å². The first-order valence-electron chi connectivity index (χ1n) is 10.2. The highest BCUT2D eigenvalue weighted by Crippen LogP contribution is 2.29. The lowest BCUT2D eigenvalue weighted by molar-refractivity contribution is -0.121. The lowest BCUT2D eigenvalue weighted by Gasteiger charge is -2.18. The minimum atomic E-state index is -0.264. The Hall–Kier alpha value is -1.82. The molecule has 5 nitrogen and oxygen atoms in total. The topological polar surface area (TPSA) is 68.0 Å². The van der Waals surface area contributed by atoms with Gasteiger partial charge in [-0.3, -0.25) is 4.79 Å². The van der Waals surface area contributed by atoms with E-state index >= 15 is 0 Å². The second-order valence-electron chi connectivity index (χ2n) is 8.66. The lowest BCUT2D eigenvalue weighted by atomic mass is 9.87. The van der Waals surface area contributed by atoms with Crippen molar-refractivity contribution >= 4 is 17.7 Å². The molecule has 1 aliphatic carbocycles. The molecule has 0 bridgehead atoms. The Morgan fingerprint density at radius 1 is 1.11 bits per heavy atom. The van der Waals surface area contributed by atoms with Gasteiger partial charge in [0.05, 0.1) is 5.25 Å². The molecule has 1 atom stereocenters. The van der Waals surface area contributed by atoms with E-state index in [2.05, 4.69) is 48.4 Å². The summed E-state index contributed by atoms with van der Waals surface area (Å²) >= 11 is 1.32. The van der Waals surface area contributed by atoms with E-state index in [4.69, 9.17) is 4.42 Å². The number of amides is 1. The van der Waals surface area contributed by atoms with Gasteiger partial charge in [-0.2, -0.15) is 0 Å². The van der Waals surface area contributed by atoms with Gasteiger partial charge in [-0.05, 0) is 42.9 Å². The predicted octanol–water partition coefficient (Wildman–Crippen LogP) is 5.35. The molecule has 0 radical (unpaired) electrons. The number of carbonyl (C=O) groups is 1. The van der Waals surface area contributed by atoms with Gasteiger partial charge in [-0.15, -0.1) is 10.2 Å². The molecule has 1 amide bonds. The molecule has 2 aromatic rings. The van der Waals surface area contributed by atoms with Crippen LogP contribution < -0.4 is 5.32 Å². The highest BCUT2D eigenvalue weighted by Gasteiger charge is 2.22. The molecular weight excluding hydrogens is 370 g/mol. The van der Waals surface area contributed by atoms with E-state index in [0.717, 1.165) is 18.4 Å². The third-order valence-electron chi connectivity index (χ3n) is 5.25. The van der Waals surface area contributed by atoms with Gasteiger partial charge in [-0.25, -0.2) is 0 Å². The van der Waals surface area contributed by atoms with E-state index in [1.807, 2.05) is 19.1 Å². The zero-order chi connectivity index (χ0) is 20.1. The molecule has 3 rings (SSSR count). The van der Waals surface area contributed by atoms with Crippen LogP contribution in [0.1, 0.15) is 71.8 Å². The summed E-state index contributed by atoms with van der Waals surface area (Å²) in [5.74, 6) is 0.533. The number of aromatic nitrogens is 2. The highest BCUT2D eigenvalue weighted by atomic mass is 32.2. The highest BCUT2D eigenvalue weighted by molar-refractivity contribution is 8.00. The van der Waals surface area contributed by atoms with E-state index in [9.17, 15) is 4.79 Å². The molecule has 1 saturated carbocycles. The maximum atomic E-state index is 12.5. The van der Waals surface area contributed by atoms with Gasteiger partial charge < -0.3 is 9.73 Å². The second kappa shape index (κ2) is 9.12. The summed E-state index contributed by atoms with van der Waals surface area (Å²) in [7, 11) is 0. The molecule has 6 heteroatoms. The molecule has 1 fully saturated rings. The summed E-state index contributed by atoms with van der Waals surface area (Å²) in [6.45, 7) is 8.44. The molecule has 1 heterocycles. The molecule has 0 saturated heterocycles. The average molecular weight is 402 g/mol. The average Bonchev–Trinajstić information content (AvgIpc) is 2.96. The molecule has 1 aliphatic rings. The quantitative estimate of drug-likeness (QED) is 0.540. The Morgan fingerprint density at radius 2 is 1.75 bits per heavy atom. The van der Waals surface area contributed by atoms with Crippen molar-refractivity contribution in [2.75, 3.05) is 0 Å². The van der Waals surface area contributed by atoms with Crippen LogP contribution in [0.2, 0.25) is 0 Å². The fraction of sp³-hybridized carbons (Fsp3) is 0.591. The zero-order valence-corrected chi connectivity index (χ0v) is 18.1. The van der Waals surface area contributed by atoms with Crippen LogP contribution in [-0.4, -0.2) is 27.4 Å². The number of thioether (sulfide) groups is 1. The van der Waals surface area contributed by atoms with Gasteiger partial charge in [0.25, 0.3) is 5.22 Å². The predicted molar refractivity (Wildman–Crippen MR) is 113 cm³/mol. The maximum Gasteiger partial charge on any atom is 0.277 e. The smallest absolute Gasteiger partial charge is 0.277 e.